The molecule has 2 aromatic carbocycles. The molecule has 28 heavy (non-hydrogen) atoms. The Morgan fingerprint density at radius 2 is 2.00 bits per heavy atom. The van der Waals surface area contributed by atoms with Crippen molar-refractivity contribution >= 4 is 5.91 Å². The van der Waals surface area contributed by atoms with Crippen molar-refractivity contribution in [2.75, 3.05) is 7.05 Å². The molecular formula is C21H20FN3O3. The number of carbonyl (C=O) groups excluding carboxylic acids is 1. The summed E-state index contributed by atoms with van der Waals surface area (Å²) in [6.45, 7) is -0.210. The van der Waals surface area contributed by atoms with E-state index >= 15 is 0 Å². The number of aromatic nitrogens is 2. The lowest BCUT2D eigenvalue weighted by molar-refractivity contribution is -0.133. The molecule has 1 aromatic heterocycles. The van der Waals surface area contributed by atoms with Crippen molar-refractivity contribution in [2.24, 2.45) is 0 Å². The van der Waals surface area contributed by atoms with Crippen molar-refractivity contribution in [3.63, 3.8) is 0 Å². The fourth-order valence-electron chi connectivity index (χ4n) is 3.66. The number of aryl methyl sites for hydroxylation is 1. The van der Waals surface area contributed by atoms with Crippen molar-refractivity contribution in [1.82, 2.24) is 14.7 Å². The van der Waals surface area contributed by atoms with Crippen LogP contribution < -0.4 is 5.76 Å². The number of nitrogens with zero attached hydrogens (tertiary/aromatic N) is 3. The maximum atomic E-state index is 13.1. The van der Waals surface area contributed by atoms with E-state index in [1.54, 1.807) is 11.9 Å². The number of fused-ring (bicyclic) bond motifs is 1. The molecule has 0 fully saturated rings. The van der Waals surface area contributed by atoms with Crippen molar-refractivity contribution in [3.8, 4) is 11.5 Å². The molecule has 1 atom stereocenters. The molecule has 1 aliphatic rings. The number of hydrogen-bond donors (Lipinski definition) is 0. The summed E-state index contributed by atoms with van der Waals surface area (Å²) in [5.74, 6) is -1.27. The maximum Gasteiger partial charge on any atom is 0.437 e. The Morgan fingerprint density at radius 1 is 1.25 bits per heavy atom. The zero-order valence-electron chi connectivity index (χ0n) is 15.5. The van der Waals surface area contributed by atoms with Gasteiger partial charge in [-0.25, -0.2) is 9.18 Å². The Kier molecular flexibility index (Phi) is 4.81. The van der Waals surface area contributed by atoms with Gasteiger partial charge in [0.1, 0.15) is 12.4 Å². The normalized spacial score (nSPS) is 15.9. The Balaban J connectivity index is 1.53. The molecule has 0 bridgehead atoms. The maximum absolute atomic E-state index is 13.1. The van der Waals surface area contributed by atoms with Crippen LogP contribution in [-0.4, -0.2) is 27.6 Å². The zero-order valence-corrected chi connectivity index (χ0v) is 15.5. The van der Waals surface area contributed by atoms with Gasteiger partial charge >= 0.3 is 5.76 Å². The third-order valence-corrected chi connectivity index (χ3v) is 5.18. The highest BCUT2D eigenvalue weighted by molar-refractivity contribution is 5.76. The third kappa shape index (κ3) is 3.47. The molecule has 0 saturated carbocycles. The van der Waals surface area contributed by atoms with E-state index in [-0.39, 0.29) is 24.4 Å². The van der Waals surface area contributed by atoms with Crippen LogP contribution in [0.4, 0.5) is 4.39 Å². The summed E-state index contributed by atoms with van der Waals surface area (Å²) >= 11 is 0. The van der Waals surface area contributed by atoms with E-state index in [1.165, 1.54) is 29.8 Å². The second kappa shape index (κ2) is 7.42. The molecule has 0 N–H and O–H groups in total. The van der Waals surface area contributed by atoms with Gasteiger partial charge in [-0.3, -0.25) is 4.79 Å². The average Bonchev–Trinajstić information content (AvgIpc) is 3.07. The van der Waals surface area contributed by atoms with Crippen molar-refractivity contribution in [2.45, 2.75) is 31.8 Å². The summed E-state index contributed by atoms with van der Waals surface area (Å²) in [6, 6.07) is 13.6. The van der Waals surface area contributed by atoms with Crippen molar-refractivity contribution in [3.05, 3.63) is 76.0 Å². The first-order chi connectivity index (χ1) is 13.5. The lowest BCUT2D eigenvalue weighted by Gasteiger charge is -2.33. The number of carbonyl (C=O) groups is 1. The van der Waals surface area contributed by atoms with Gasteiger partial charge in [-0.05, 0) is 54.7 Å². The Morgan fingerprint density at radius 3 is 2.79 bits per heavy atom. The quantitative estimate of drug-likeness (QED) is 0.696. The fourth-order valence-corrected chi connectivity index (χ4v) is 3.66. The second-order valence-electron chi connectivity index (χ2n) is 6.95. The summed E-state index contributed by atoms with van der Waals surface area (Å²) in [7, 11) is 1.75. The van der Waals surface area contributed by atoms with Crippen LogP contribution in [0, 0.1) is 5.82 Å². The minimum atomic E-state index is -0.717. The first-order valence-corrected chi connectivity index (χ1v) is 9.20. The third-order valence-electron chi connectivity index (χ3n) is 5.18. The number of likely N-dealkylation sites (N-methyl/N-ethyl adjacent to an activating group) is 1. The van der Waals surface area contributed by atoms with Gasteiger partial charge in [0, 0.05) is 12.6 Å². The molecule has 4 rings (SSSR count). The van der Waals surface area contributed by atoms with E-state index in [0.29, 0.717) is 5.56 Å². The van der Waals surface area contributed by atoms with Crippen LogP contribution in [0.5, 0.6) is 0 Å². The molecule has 3 aromatic rings. The van der Waals surface area contributed by atoms with Crippen LogP contribution >= 0.6 is 0 Å². The van der Waals surface area contributed by atoms with Crippen LogP contribution in [0.25, 0.3) is 11.5 Å². The van der Waals surface area contributed by atoms with Gasteiger partial charge in [0.05, 0.1) is 6.04 Å². The van der Waals surface area contributed by atoms with Crippen LogP contribution in [-0.2, 0) is 17.8 Å². The molecule has 1 amide bonds. The highest BCUT2D eigenvalue weighted by atomic mass is 19.1. The van der Waals surface area contributed by atoms with Crippen molar-refractivity contribution < 1.29 is 13.6 Å². The van der Waals surface area contributed by atoms with Crippen LogP contribution in [0.15, 0.2) is 57.7 Å². The van der Waals surface area contributed by atoms with Gasteiger partial charge in [-0.15, -0.1) is 5.10 Å². The highest BCUT2D eigenvalue weighted by Crippen LogP contribution is 2.33. The number of hydrogen-bond acceptors (Lipinski definition) is 4. The molecule has 0 spiro atoms. The van der Waals surface area contributed by atoms with Crippen LogP contribution in [0.1, 0.15) is 30.0 Å². The number of halogens is 1. The van der Waals surface area contributed by atoms with E-state index in [9.17, 15) is 14.0 Å². The second-order valence-corrected chi connectivity index (χ2v) is 6.95. The van der Waals surface area contributed by atoms with Gasteiger partial charge in [-0.2, -0.15) is 4.68 Å². The van der Waals surface area contributed by atoms with Gasteiger partial charge in [-0.1, -0.05) is 24.3 Å². The number of benzene rings is 2. The number of amides is 1. The minimum Gasteiger partial charge on any atom is -0.388 e. The molecule has 0 aliphatic heterocycles. The van der Waals surface area contributed by atoms with E-state index in [4.69, 9.17) is 4.42 Å². The lowest BCUT2D eigenvalue weighted by Crippen LogP contribution is -2.37. The van der Waals surface area contributed by atoms with Crippen molar-refractivity contribution in [1.29, 1.82) is 0 Å². The van der Waals surface area contributed by atoms with E-state index in [1.807, 2.05) is 12.1 Å². The smallest absolute Gasteiger partial charge is 0.388 e. The Bertz CT molecular complexity index is 1060. The summed E-state index contributed by atoms with van der Waals surface area (Å²) in [4.78, 5) is 26.6. The molecule has 0 unspecified atom stereocenters. The molecule has 6 nitrogen and oxygen atoms in total. The van der Waals surface area contributed by atoms with Gasteiger partial charge in [0.2, 0.25) is 11.8 Å². The number of rotatable bonds is 4. The summed E-state index contributed by atoms with van der Waals surface area (Å²) in [6.07, 6.45) is 2.91. The van der Waals surface area contributed by atoms with Crippen LogP contribution in [0.3, 0.4) is 0 Å². The predicted molar refractivity (Wildman–Crippen MR) is 101 cm³/mol. The molecule has 1 aliphatic carbocycles. The zero-order chi connectivity index (χ0) is 19.7. The Hall–Kier alpha value is -3.22. The standard InChI is InChI=1S/C21H20FN3O3/c1-24(18-8-4-6-14-5-2-3-7-17(14)18)19(26)13-25-21(27)28-20(23-25)15-9-11-16(22)12-10-15/h2-3,5,7,9-12,18H,4,6,8,13H2,1H3/t18-/m0/s1. The first-order valence-electron chi connectivity index (χ1n) is 9.20. The van der Waals surface area contributed by atoms with Gasteiger partial charge < -0.3 is 9.32 Å². The first kappa shape index (κ1) is 18.2. The average molecular weight is 381 g/mol. The molecule has 144 valence electrons. The van der Waals surface area contributed by atoms with Gasteiger partial charge in [0.25, 0.3) is 0 Å². The molecule has 0 radical (unpaired) electrons. The molecule has 1 heterocycles. The van der Waals surface area contributed by atoms with Gasteiger partial charge in [0.15, 0.2) is 0 Å². The predicted octanol–water partition coefficient (Wildman–Crippen LogP) is 3.18. The molecule has 7 heteroatoms. The van der Waals surface area contributed by atoms with E-state index in [0.717, 1.165) is 29.5 Å². The Labute approximate surface area is 161 Å². The van der Waals surface area contributed by atoms with E-state index in [2.05, 4.69) is 17.2 Å². The fraction of sp³-hybridized carbons (Fsp3) is 0.286. The molecule has 0 saturated heterocycles. The highest BCUT2D eigenvalue weighted by Gasteiger charge is 2.27. The van der Waals surface area contributed by atoms with E-state index < -0.39 is 11.6 Å². The lowest BCUT2D eigenvalue weighted by atomic mass is 9.87. The minimum absolute atomic E-state index is 0.0170. The summed E-state index contributed by atoms with van der Waals surface area (Å²) in [5.41, 5.74) is 2.89. The largest absolute Gasteiger partial charge is 0.437 e. The topological polar surface area (TPSA) is 68.3 Å². The summed E-state index contributed by atoms with van der Waals surface area (Å²) < 4.78 is 19.2. The SMILES string of the molecule is CN(C(=O)Cn1nc(-c2ccc(F)cc2)oc1=O)[C@H]1CCCc2ccccc21. The molecular weight excluding hydrogens is 361 g/mol. The summed E-state index contributed by atoms with van der Waals surface area (Å²) in [5, 5.41) is 4.09. The van der Waals surface area contributed by atoms with Crippen LogP contribution in [0.2, 0.25) is 0 Å². The monoisotopic (exact) mass is 381 g/mol.